The number of nitrogens with zero attached hydrogens (tertiary/aromatic N) is 1. The first-order valence-corrected chi connectivity index (χ1v) is 4.20. The van der Waals surface area contributed by atoms with Gasteiger partial charge in [0.2, 0.25) is 0 Å². The average molecular weight is 174 g/mol. The van der Waals surface area contributed by atoms with Crippen LogP contribution in [0.5, 0.6) is 0 Å². The van der Waals surface area contributed by atoms with Gasteiger partial charge in [-0.2, -0.15) is 0 Å². The van der Waals surface area contributed by atoms with Crippen LogP contribution in [-0.2, 0) is 0 Å². The molecule has 0 spiro atoms. The van der Waals surface area contributed by atoms with Crippen LogP contribution in [0.3, 0.4) is 0 Å². The lowest BCUT2D eigenvalue weighted by atomic mass is 10.2. The number of carbonyl (C=O) groups excluding carboxylic acids is 1. The third-order valence-electron chi connectivity index (χ3n) is 2.04. The molecule has 0 aliphatic carbocycles. The second kappa shape index (κ2) is 3.01. The molecule has 3 heteroatoms. The fourth-order valence-electron chi connectivity index (χ4n) is 1.40. The lowest BCUT2D eigenvalue weighted by molar-refractivity contribution is 0.101. The van der Waals surface area contributed by atoms with Gasteiger partial charge in [-0.15, -0.1) is 0 Å². The molecule has 2 heterocycles. The highest BCUT2D eigenvalue weighted by atomic mass is 16.1. The fourth-order valence-corrected chi connectivity index (χ4v) is 1.40. The third kappa shape index (κ3) is 1.33. The Bertz CT molecular complexity index is 480. The molecule has 1 aliphatic heterocycles. The number of hydrogen-bond donors (Lipinski definition) is 1. The highest BCUT2D eigenvalue weighted by Gasteiger charge is 2.04. The number of fused-ring (bicyclic) bond motifs is 1. The molecule has 0 aromatic carbocycles. The Labute approximate surface area is 75.5 Å². The normalized spacial score (nSPS) is 13.9. The molecule has 2 rings (SSSR count). The lowest BCUT2D eigenvalue weighted by Crippen LogP contribution is -2.25. The molecule has 0 amide bonds. The number of ketones is 1. The summed E-state index contributed by atoms with van der Waals surface area (Å²) in [5.74, 6) is 0.0749. The second-order valence-corrected chi connectivity index (χ2v) is 2.97. The van der Waals surface area contributed by atoms with E-state index in [0.29, 0.717) is 0 Å². The molecule has 1 aromatic heterocycles. The van der Waals surface area contributed by atoms with Crippen molar-refractivity contribution in [3.63, 3.8) is 0 Å². The van der Waals surface area contributed by atoms with Crippen molar-refractivity contribution in [2.45, 2.75) is 13.3 Å². The topological polar surface area (TPSA) is 45.2 Å². The third-order valence-corrected chi connectivity index (χ3v) is 2.04. The van der Waals surface area contributed by atoms with Gasteiger partial charge in [-0.3, -0.25) is 4.79 Å². The second-order valence-electron chi connectivity index (χ2n) is 2.97. The van der Waals surface area contributed by atoms with Gasteiger partial charge in [-0.05, 0) is 13.3 Å². The zero-order valence-corrected chi connectivity index (χ0v) is 7.37. The smallest absolute Gasteiger partial charge is 0.161 e. The van der Waals surface area contributed by atoms with Gasteiger partial charge >= 0.3 is 0 Å². The molecule has 0 atom stereocenters. The molecule has 66 valence electrons. The zero-order chi connectivity index (χ0) is 9.26. The van der Waals surface area contributed by atoms with Crippen LogP contribution in [0.15, 0.2) is 23.5 Å². The Morgan fingerprint density at radius 3 is 3.23 bits per heavy atom. The first-order valence-electron chi connectivity index (χ1n) is 4.20. The highest BCUT2D eigenvalue weighted by Crippen LogP contribution is 1.92. The van der Waals surface area contributed by atoms with Gasteiger partial charge in [0.05, 0.1) is 0 Å². The molecule has 3 nitrogen and oxygen atoms in total. The van der Waals surface area contributed by atoms with Crippen molar-refractivity contribution in [2.24, 2.45) is 4.99 Å². The minimum Gasteiger partial charge on any atom is -0.345 e. The SMILES string of the molecule is CC(=O)c1c[nH]c2c1=CCC=CN=2. The van der Waals surface area contributed by atoms with E-state index in [9.17, 15) is 4.79 Å². The standard InChI is InChI=1S/C10H10N2O/c1-7(13)9-6-12-10-8(9)4-2-3-5-11-10/h3-6H,2H2,1H3,(H,11,12). The van der Waals surface area contributed by atoms with Crippen molar-refractivity contribution in [2.75, 3.05) is 0 Å². The summed E-state index contributed by atoms with van der Waals surface area (Å²) < 4.78 is 0. The summed E-state index contributed by atoms with van der Waals surface area (Å²) in [6.07, 6.45) is 8.26. The summed E-state index contributed by atoms with van der Waals surface area (Å²) in [7, 11) is 0. The number of Topliss-reactive ketones (excluding diaryl/α,β-unsaturated/α-hetero) is 1. The Balaban J connectivity index is 2.76. The summed E-state index contributed by atoms with van der Waals surface area (Å²) in [5.41, 5.74) is 1.50. The highest BCUT2D eigenvalue weighted by molar-refractivity contribution is 5.94. The Hall–Kier alpha value is -1.64. The molecular formula is C10H10N2O. The molecule has 13 heavy (non-hydrogen) atoms. The van der Waals surface area contributed by atoms with Gasteiger partial charge < -0.3 is 4.98 Å². The number of nitrogens with one attached hydrogen (secondary N) is 1. The summed E-state index contributed by atoms with van der Waals surface area (Å²) in [4.78, 5) is 18.3. The Morgan fingerprint density at radius 1 is 1.62 bits per heavy atom. The minimum absolute atomic E-state index is 0.0749. The summed E-state index contributed by atoms with van der Waals surface area (Å²) in [6, 6.07) is 0. The fraction of sp³-hybridized carbons (Fsp3) is 0.200. The molecular weight excluding hydrogens is 164 g/mol. The van der Waals surface area contributed by atoms with Gasteiger partial charge in [0.1, 0.15) is 5.49 Å². The van der Waals surface area contributed by atoms with Crippen molar-refractivity contribution in [3.8, 4) is 0 Å². The average Bonchev–Trinajstić information content (AvgIpc) is 2.36. The van der Waals surface area contributed by atoms with Gasteiger partial charge in [-0.25, -0.2) is 4.99 Å². The van der Waals surface area contributed by atoms with Crippen molar-refractivity contribution < 1.29 is 4.79 Å². The molecule has 0 unspecified atom stereocenters. The molecule has 0 bridgehead atoms. The van der Waals surface area contributed by atoms with Crippen molar-refractivity contribution in [1.82, 2.24) is 4.98 Å². The first-order chi connectivity index (χ1) is 6.29. The van der Waals surface area contributed by atoms with Gasteiger partial charge in [0, 0.05) is 23.2 Å². The van der Waals surface area contributed by atoms with Crippen molar-refractivity contribution in [3.05, 3.63) is 34.7 Å². The minimum atomic E-state index is 0.0749. The zero-order valence-electron chi connectivity index (χ0n) is 7.37. The van der Waals surface area contributed by atoms with Gasteiger partial charge in [0.15, 0.2) is 5.78 Å². The largest absolute Gasteiger partial charge is 0.345 e. The predicted octanol–water partition coefficient (Wildman–Crippen LogP) is 0.535. The monoisotopic (exact) mass is 174 g/mol. The number of carbonyl (C=O) groups is 1. The number of rotatable bonds is 1. The van der Waals surface area contributed by atoms with Crippen LogP contribution in [0.25, 0.3) is 6.08 Å². The summed E-state index contributed by atoms with van der Waals surface area (Å²) in [6.45, 7) is 1.57. The van der Waals surface area contributed by atoms with Crippen LogP contribution in [0.4, 0.5) is 0 Å². The van der Waals surface area contributed by atoms with E-state index < -0.39 is 0 Å². The van der Waals surface area contributed by atoms with E-state index >= 15 is 0 Å². The van der Waals surface area contributed by atoms with Crippen LogP contribution in [0, 0.1) is 0 Å². The maximum absolute atomic E-state index is 11.2. The van der Waals surface area contributed by atoms with E-state index in [2.05, 4.69) is 9.98 Å². The quantitative estimate of drug-likeness (QED) is 0.620. The van der Waals surface area contributed by atoms with Gasteiger partial charge in [0.25, 0.3) is 0 Å². The summed E-state index contributed by atoms with van der Waals surface area (Å²) >= 11 is 0. The van der Waals surface area contributed by atoms with E-state index in [-0.39, 0.29) is 5.78 Å². The predicted molar refractivity (Wildman–Crippen MR) is 49.8 cm³/mol. The van der Waals surface area contributed by atoms with Crippen LogP contribution in [-0.4, -0.2) is 10.8 Å². The maximum Gasteiger partial charge on any atom is 0.161 e. The maximum atomic E-state index is 11.2. The van der Waals surface area contributed by atoms with Crippen LogP contribution in [0.2, 0.25) is 0 Å². The number of allylic oxidation sites excluding steroid dienone is 1. The van der Waals surface area contributed by atoms with Gasteiger partial charge in [-0.1, -0.05) is 12.2 Å². The number of aromatic amines is 1. The first kappa shape index (κ1) is 7.98. The van der Waals surface area contributed by atoms with E-state index in [4.69, 9.17) is 0 Å². The van der Waals surface area contributed by atoms with E-state index in [1.165, 1.54) is 0 Å². The Morgan fingerprint density at radius 2 is 2.46 bits per heavy atom. The lowest BCUT2D eigenvalue weighted by Gasteiger charge is -1.85. The molecule has 1 aliphatic rings. The van der Waals surface area contributed by atoms with E-state index in [0.717, 1.165) is 22.7 Å². The van der Waals surface area contributed by atoms with Crippen LogP contribution < -0.4 is 10.7 Å². The number of aromatic nitrogens is 1. The molecule has 0 radical (unpaired) electrons. The Kier molecular flexibility index (Phi) is 1.85. The molecule has 0 saturated heterocycles. The number of H-pyrrole nitrogens is 1. The molecule has 0 fully saturated rings. The molecule has 1 N–H and O–H groups in total. The van der Waals surface area contributed by atoms with Crippen molar-refractivity contribution >= 4 is 11.9 Å². The van der Waals surface area contributed by atoms with E-state index in [1.54, 1.807) is 19.3 Å². The van der Waals surface area contributed by atoms with E-state index in [1.807, 2.05) is 12.2 Å². The van der Waals surface area contributed by atoms with Crippen LogP contribution in [0.1, 0.15) is 23.7 Å². The number of hydrogen-bond acceptors (Lipinski definition) is 2. The van der Waals surface area contributed by atoms with Crippen LogP contribution >= 0.6 is 0 Å². The van der Waals surface area contributed by atoms with Crippen molar-refractivity contribution in [1.29, 1.82) is 0 Å². The molecule has 1 aromatic rings. The summed E-state index contributed by atoms with van der Waals surface area (Å²) in [5, 5.41) is 0.928. The molecule has 0 saturated carbocycles.